The highest BCUT2D eigenvalue weighted by atomic mass is 16.4. The zero-order chi connectivity index (χ0) is 17.4. The first-order chi connectivity index (χ1) is 11.6. The molecular weight excluding hydrogens is 295 g/mol. The molecule has 0 atom stereocenters. The number of allylic oxidation sites excluding steroid dienone is 15. The van der Waals surface area contributed by atoms with E-state index in [2.05, 4.69) is 49.1 Å². The van der Waals surface area contributed by atoms with Gasteiger partial charge in [0.15, 0.2) is 0 Å². The van der Waals surface area contributed by atoms with Gasteiger partial charge in [0.1, 0.15) is 0 Å². The van der Waals surface area contributed by atoms with Crippen molar-refractivity contribution in [2.45, 2.75) is 32.5 Å². The molecule has 0 radical (unpaired) electrons. The van der Waals surface area contributed by atoms with Crippen LogP contribution in [0.1, 0.15) is 26.2 Å². The molecule has 0 heterocycles. The standard InChI is InChI=1S/C21H25BO2/c1-3-18(13-9-15-22(23)24)17(2)16-20-12-7-8-14-21(20)19-10-5-4-6-11-19/h3-6,8-10,13-14,16,23-24H,2,7,11-12,15H2,1H3/b13-9-,18-3+,20-16-,21-19-. The van der Waals surface area contributed by atoms with E-state index < -0.39 is 7.12 Å². The van der Waals surface area contributed by atoms with Crippen molar-refractivity contribution >= 4 is 7.12 Å². The third-order valence-corrected chi connectivity index (χ3v) is 4.11. The quantitative estimate of drug-likeness (QED) is 0.574. The summed E-state index contributed by atoms with van der Waals surface area (Å²) in [5, 5.41) is 17.9. The number of rotatable bonds is 5. The van der Waals surface area contributed by atoms with Crippen molar-refractivity contribution in [2.75, 3.05) is 0 Å². The largest absolute Gasteiger partial charge is 0.455 e. The van der Waals surface area contributed by atoms with E-state index in [-0.39, 0.29) is 6.32 Å². The molecule has 0 bridgehead atoms. The average Bonchev–Trinajstić information content (AvgIpc) is 2.59. The van der Waals surface area contributed by atoms with Crippen molar-refractivity contribution in [1.82, 2.24) is 0 Å². The lowest BCUT2D eigenvalue weighted by molar-refractivity contribution is 0.411. The SMILES string of the molecule is C=C(/C=C1/CCC=C/C1=C1\C=CC=CC1)C(/C=C\CB(O)O)=C/C. The van der Waals surface area contributed by atoms with E-state index in [4.69, 9.17) is 10.0 Å². The van der Waals surface area contributed by atoms with Crippen LogP contribution in [-0.4, -0.2) is 17.2 Å². The van der Waals surface area contributed by atoms with E-state index in [1.165, 1.54) is 16.7 Å². The summed E-state index contributed by atoms with van der Waals surface area (Å²) in [5.74, 6) is 0. The second-order valence-corrected chi connectivity index (χ2v) is 5.93. The minimum absolute atomic E-state index is 0.219. The van der Waals surface area contributed by atoms with Crippen LogP contribution in [0.25, 0.3) is 0 Å². The fourth-order valence-corrected chi connectivity index (χ4v) is 2.86. The molecule has 2 N–H and O–H groups in total. The second-order valence-electron chi connectivity index (χ2n) is 5.93. The molecule has 2 aliphatic rings. The van der Waals surface area contributed by atoms with Crippen molar-refractivity contribution in [1.29, 1.82) is 0 Å². The van der Waals surface area contributed by atoms with Crippen LogP contribution in [0.3, 0.4) is 0 Å². The molecule has 0 saturated carbocycles. The van der Waals surface area contributed by atoms with Gasteiger partial charge in [-0.3, -0.25) is 0 Å². The number of hydrogen-bond donors (Lipinski definition) is 2. The highest BCUT2D eigenvalue weighted by molar-refractivity contribution is 6.41. The van der Waals surface area contributed by atoms with Crippen LogP contribution in [0, 0.1) is 0 Å². The van der Waals surface area contributed by atoms with Gasteiger partial charge in [0.25, 0.3) is 0 Å². The van der Waals surface area contributed by atoms with Crippen LogP contribution in [0.2, 0.25) is 6.32 Å². The molecule has 124 valence electrons. The lowest BCUT2D eigenvalue weighted by Crippen LogP contribution is -2.07. The van der Waals surface area contributed by atoms with Gasteiger partial charge in [-0.1, -0.05) is 67.3 Å². The van der Waals surface area contributed by atoms with Crippen LogP contribution in [0.4, 0.5) is 0 Å². The van der Waals surface area contributed by atoms with E-state index >= 15 is 0 Å². The molecule has 0 fully saturated rings. The van der Waals surface area contributed by atoms with Gasteiger partial charge in [-0.25, -0.2) is 0 Å². The summed E-state index contributed by atoms with van der Waals surface area (Å²) in [5.41, 5.74) is 5.90. The Hall–Kier alpha value is -2.10. The summed E-state index contributed by atoms with van der Waals surface area (Å²) in [7, 11) is -1.31. The minimum atomic E-state index is -1.31. The van der Waals surface area contributed by atoms with Crippen molar-refractivity contribution < 1.29 is 10.0 Å². The molecule has 2 rings (SSSR count). The minimum Gasteiger partial charge on any atom is -0.427 e. The van der Waals surface area contributed by atoms with Crippen LogP contribution in [0.15, 0.2) is 95.2 Å². The van der Waals surface area contributed by atoms with Gasteiger partial charge in [0, 0.05) is 6.32 Å². The maximum absolute atomic E-state index is 8.94. The highest BCUT2D eigenvalue weighted by Crippen LogP contribution is 2.31. The monoisotopic (exact) mass is 320 g/mol. The van der Waals surface area contributed by atoms with Gasteiger partial charge in [-0.2, -0.15) is 0 Å². The molecule has 0 amide bonds. The van der Waals surface area contributed by atoms with E-state index in [0.717, 1.165) is 30.4 Å². The molecule has 0 aliphatic heterocycles. The Morgan fingerprint density at radius 3 is 2.75 bits per heavy atom. The van der Waals surface area contributed by atoms with Gasteiger partial charge in [0.2, 0.25) is 0 Å². The zero-order valence-electron chi connectivity index (χ0n) is 14.3. The van der Waals surface area contributed by atoms with Crippen molar-refractivity contribution in [3.05, 3.63) is 95.2 Å². The summed E-state index contributed by atoms with van der Waals surface area (Å²) in [4.78, 5) is 0. The molecular formula is C21H25BO2. The molecule has 2 nitrogen and oxygen atoms in total. The van der Waals surface area contributed by atoms with Crippen LogP contribution >= 0.6 is 0 Å². The fourth-order valence-electron chi connectivity index (χ4n) is 2.86. The molecule has 2 aliphatic carbocycles. The summed E-state index contributed by atoms with van der Waals surface area (Å²) in [6.45, 7) is 6.16. The van der Waals surface area contributed by atoms with Gasteiger partial charge >= 0.3 is 7.12 Å². The van der Waals surface area contributed by atoms with Gasteiger partial charge < -0.3 is 10.0 Å². The number of hydrogen-bond acceptors (Lipinski definition) is 2. The van der Waals surface area contributed by atoms with Crippen molar-refractivity contribution in [3.8, 4) is 0 Å². The predicted octanol–water partition coefficient (Wildman–Crippen LogP) is 4.61. The molecule has 0 saturated heterocycles. The highest BCUT2D eigenvalue weighted by Gasteiger charge is 2.12. The lowest BCUT2D eigenvalue weighted by Gasteiger charge is -2.18. The molecule has 3 heteroatoms. The summed E-state index contributed by atoms with van der Waals surface area (Å²) >= 11 is 0. The first-order valence-electron chi connectivity index (χ1n) is 8.44. The Kier molecular flexibility index (Phi) is 7.04. The Bertz CT molecular complexity index is 683. The van der Waals surface area contributed by atoms with Crippen molar-refractivity contribution in [3.63, 3.8) is 0 Å². The predicted molar refractivity (Wildman–Crippen MR) is 103 cm³/mol. The Morgan fingerprint density at radius 1 is 1.25 bits per heavy atom. The summed E-state index contributed by atoms with van der Waals surface area (Å²) in [6.07, 6.45) is 24.0. The van der Waals surface area contributed by atoms with Gasteiger partial charge in [-0.15, -0.1) is 0 Å². The van der Waals surface area contributed by atoms with Crippen LogP contribution in [-0.2, 0) is 0 Å². The van der Waals surface area contributed by atoms with Gasteiger partial charge in [-0.05, 0) is 54.1 Å². The van der Waals surface area contributed by atoms with E-state index in [9.17, 15) is 0 Å². The first-order valence-corrected chi connectivity index (χ1v) is 8.44. The molecule has 0 aromatic carbocycles. The lowest BCUT2D eigenvalue weighted by atomic mass is 9.85. The third kappa shape index (κ3) is 5.22. The fraction of sp³-hybridized carbons (Fsp3) is 0.238. The molecule has 0 unspecified atom stereocenters. The third-order valence-electron chi connectivity index (χ3n) is 4.11. The smallest absolute Gasteiger partial charge is 0.427 e. The second kappa shape index (κ2) is 9.26. The first kappa shape index (κ1) is 18.2. The maximum atomic E-state index is 8.94. The molecule has 24 heavy (non-hydrogen) atoms. The van der Waals surface area contributed by atoms with Crippen molar-refractivity contribution in [2.24, 2.45) is 0 Å². The Balaban J connectivity index is 2.22. The normalized spacial score (nSPS) is 22.6. The maximum Gasteiger partial charge on any atom is 0.455 e. The molecule has 0 spiro atoms. The summed E-state index contributed by atoms with van der Waals surface area (Å²) in [6, 6.07) is 0. The summed E-state index contributed by atoms with van der Waals surface area (Å²) < 4.78 is 0. The molecule has 0 aromatic heterocycles. The Labute approximate surface area is 145 Å². The Morgan fingerprint density at radius 2 is 2.08 bits per heavy atom. The van der Waals surface area contributed by atoms with Gasteiger partial charge in [0.05, 0.1) is 0 Å². The van der Waals surface area contributed by atoms with Crippen LogP contribution < -0.4 is 0 Å². The molecule has 0 aromatic rings. The zero-order valence-corrected chi connectivity index (χ0v) is 14.3. The average molecular weight is 320 g/mol. The van der Waals surface area contributed by atoms with E-state index in [1.807, 2.05) is 19.1 Å². The van der Waals surface area contributed by atoms with E-state index in [1.54, 1.807) is 6.08 Å². The van der Waals surface area contributed by atoms with Crippen LogP contribution in [0.5, 0.6) is 0 Å². The topological polar surface area (TPSA) is 40.5 Å². The van der Waals surface area contributed by atoms with E-state index in [0.29, 0.717) is 0 Å².